The van der Waals surface area contributed by atoms with Crippen molar-refractivity contribution in [1.82, 2.24) is 5.32 Å². The van der Waals surface area contributed by atoms with Gasteiger partial charge >= 0.3 is 0 Å². The zero-order valence-corrected chi connectivity index (χ0v) is 14.4. The molecule has 21 heavy (non-hydrogen) atoms. The molecule has 0 fully saturated rings. The maximum absolute atomic E-state index is 6.22. The summed E-state index contributed by atoms with van der Waals surface area (Å²) in [6, 6.07) is 8.22. The van der Waals surface area contributed by atoms with Crippen molar-refractivity contribution in [3.05, 3.63) is 35.0 Å². The van der Waals surface area contributed by atoms with Crippen molar-refractivity contribution < 1.29 is 4.42 Å². The van der Waals surface area contributed by atoms with Gasteiger partial charge in [0.25, 0.3) is 0 Å². The lowest BCUT2D eigenvalue weighted by Gasteiger charge is -2.30. The lowest BCUT2D eigenvalue weighted by atomic mass is 9.78. The van der Waals surface area contributed by atoms with Gasteiger partial charge in [0.15, 0.2) is 5.58 Å². The summed E-state index contributed by atoms with van der Waals surface area (Å²) in [6.45, 7) is 12.2. The van der Waals surface area contributed by atoms with Crippen LogP contribution in [0.25, 0.3) is 11.0 Å². The van der Waals surface area contributed by atoms with E-state index in [-0.39, 0.29) is 11.5 Å². The molecule has 0 saturated carbocycles. The zero-order chi connectivity index (χ0) is 15.6. The Morgan fingerprint density at radius 3 is 2.57 bits per heavy atom. The van der Waals surface area contributed by atoms with Gasteiger partial charge in [-0.05, 0) is 36.4 Å². The molecule has 1 N–H and O–H groups in total. The number of rotatable bonds is 5. The average Bonchev–Trinajstić information content (AvgIpc) is 2.82. The Bertz CT molecular complexity index is 597. The average molecular weight is 308 g/mol. The number of nitrogens with one attached hydrogen (secondary N) is 1. The standard InChI is InChI=1S/C18H26ClNO/c1-6-20-15(10-12(2)18(3,4)5)16-11-13-8-7-9-14(19)17(13)21-16/h7-9,11-12,15,20H,6,10H2,1-5H3. The molecule has 0 aliphatic heterocycles. The van der Waals surface area contributed by atoms with Crippen molar-refractivity contribution in [3.8, 4) is 0 Å². The van der Waals surface area contributed by atoms with Crippen LogP contribution in [0, 0.1) is 11.3 Å². The van der Waals surface area contributed by atoms with Gasteiger partial charge in [-0.15, -0.1) is 0 Å². The predicted octanol–water partition coefficient (Wildman–Crippen LogP) is 5.81. The Kier molecular flexibility index (Phi) is 5.00. The maximum atomic E-state index is 6.22. The Morgan fingerprint density at radius 1 is 1.29 bits per heavy atom. The van der Waals surface area contributed by atoms with Crippen molar-refractivity contribution in [3.63, 3.8) is 0 Å². The highest BCUT2D eigenvalue weighted by atomic mass is 35.5. The first-order valence-corrected chi connectivity index (χ1v) is 8.12. The third kappa shape index (κ3) is 3.81. The molecule has 0 spiro atoms. The molecular weight excluding hydrogens is 282 g/mol. The molecule has 0 amide bonds. The maximum Gasteiger partial charge on any atom is 0.152 e. The van der Waals surface area contributed by atoms with E-state index in [0.29, 0.717) is 10.9 Å². The van der Waals surface area contributed by atoms with Crippen LogP contribution < -0.4 is 5.32 Å². The fraction of sp³-hybridized carbons (Fsp3) is 0.556. The Hall–Kier alpha value is -0.990. The highest BCUT2D eigenvalue weighted by Gasteiger charge is 2.26. The monoisotopic (exact) mass is 307 g/mol. The molecule has 2 rings (SSSR count). The van der Waals surface area contributed by atoms with Crippen LogP contribution in [-0.2, 0) is 0 Å². The lowest BCUT2D eigenvalue weighted by molar-refractivity contribution is 0.216. The largest absolute Gasteiger partial charge is 0.458 e. The summed E-state index contributed by atoms with van der Waals surface area (Å²) in [6.07, 6.45) is 1.05. The highest BCUT2D eigenvalue weighted by Crippen LogP contribution is 2.36. The number of benzene rings is 1. The SMILES string of the molecule is CCNC(CC(C)C(C)(C)C)c1cc2cccc(Cl)c2o1. The number of fused-ring (bicyclic) bond motifs is 1. The van der Waals surface area contributed by atoms with E-state index >= 15 is 0 Å². The van der Waals surface area contributed by atoms with Crippen molar-refractivity contribution >= 4 is 22.6 Å². The number of furan rings is 1. The summed E-state index contributed by atoms with van der Waals surface area (Å²) in [7, 11) is 0. The van der Waals surface area contributed by atoms with Crippen LogP contribution in [0.15, 0.2) is 28.7 Å². The Balaban J connectivity index is 2.30. The van der Waals surface area contributed by atoms with Gasteiger partial charge in [-0.1, -0.05) is 58.4 Å². The smallest absolute Gasteiger partial charge is 0.152 e. The molecule has 0 bridgehead atoms. The van der Waals surface area contributed by atoms with E-state index in [2.05, 4.69) is 46.0 Å². The Labute approximate surface area is 132 Å². The molecule has 2 aromatic rings. The van der Waals surface area contributed by atoms with Crippen LogP contribution in [0.3, 0.4) is 0 Å². The minimum atomic E-state index is 0.229. The van der Waals surface area contributed by atoms with Crippen LogP contribution in [0.2, 0.25) is 5.02 Å². The second-order valence-electron chi connectivity index (χ2n) is 6.92. The van der Waals surface area contributed by atoms with Crippen molar-refractivity contribution in [2.24, 2.45) is 11.3 Å². The first-order valence-electron chi connectivity index (χ1n) is 7.74. The number of halogens is 1. The number of hydrogen-bond donors (Lipinski definition) is 1. The van der Waals surface area contributed by atoms with Crippen LogP contribution >= 0.6 is 11.6 Å². The highest BCUT2D eigenvalue weighted by molar-refractivity contribution is 6.34. The number of para-hydroxylation sites is 1. The van der Waals surface area contributed by atoms with Gasteiger partial charge in [0.1, 0.15) is 5.76 Å². The van der Waals surface area contributed by atoms with Crippen LogP contribution in [0.4, 0.5) is 0 Å². The molecule has 116 valence electrons. The van der Waals surface area contributed by atoms with Crippen molar-refractivity contribution in [2.75, 3.05) is 6.54 Å². The zero-order valence-electron chi connectivity index (χ0n) is 13.7. The van der Waals surface area contributed by atoms with Gasteiger partial charge in [-0.3, -0.25) is 0 Å². The molecule has 2 nitrogen and oxygen atoms in total. The van der Waals surface area contributed by atoms with Crippen molar-refractivity contribution in [1.29, 1.82) is 0 Å². The summed E-state index contributed by atoms with van der Waals surface area (Å²) >= 11 is 6.22. The van der Waals surface area contributed by atoms with Crippen LogP contribution in [0.1, 0.15) is 52.8 Å². The predicted molar refractivity (Wildman–Crippen MR) is 90.9 cm³/mol. The first-order chi connectivity index (χ1) is 9.82. The quantitative estimate of drug-likeness (QED) is 0.754. The molecule has 0 radical (unpaired) electrons. The van der Waals surface area contributed by atoms with E-state index in [1.165, 1.54) is 0 Å². The molecular formula is C18H26ClNO. The molecule has 1 aromatic heterocycles. The Morgan fingerprint density at radius 2 is 2.00 bits per heavy atom. The summed E-state index contributed by atoms with van der Waals surface area (Å²) in [5.41, 5.74) is 1.08. The molecule has 0 aliphatic carbocycles. The third-order valence-corrected chi connectivity index (χ3v) is 4.67. The summed E-state index contributed by atoms with van der Waals surface area (Å²) in [5.74, 6) is 1.57. The van der Waals surface area contributed by atoms with Gasteiger partial charge in [0.2, 0.25) is 0 Å². The van der Waals surface area contributed by atoms with E-state index in [1.54, 1.807) is 0 Å². The molecule has 0 saturated heterocycles. The second kappa shape index (κ2) is 6.41. The van der Waals surface area contributed by atoms with Gasteiger partial charge in [0.05, 0.1) is 11.1 Å². The second-order valence-corrected chi connectivity index (χ2v) is 7.33. The van der Waals surface area contributed by atoms with Gasteiger partial charge in [0, 0.05) is 5.39 Å². The molecule has 2 unspecified atom stereocenters. The van der Waals surface area contributed by atoms with E-state index in [4.69, 9.17) is 16.0 Å². The van der Waals surface area contributed by atoms with Gasteiger partial charge in [-0.25, -0.2) is 0 Å². The summed E-state index contributed by atoms with van der Waals surface area (Å²) < 4.78 is 6.03. The fourth-order valence-electron chi connectivity index (χ4n) is 2.47. The summed E-state index contributed by atoms with van der Waals surface area (Å²) in [5, 5.41) is 5.30. The minimum Gasteiger partial charge on any atom is -0.458 e. The minimum absolute atomic E-state index is 0.229. The molecule has 1 aromatic carbocycles. The molecule has 1 heterocycles. The number of hydrogen-bond acceptors (Lipinski definition) is 2. The fourth-order valence-corrected chi connectivity index (χ4v) is 2.69. The van der Waals surface area contributed by atoms with E-state index in [9.17, 15) is 0 Å². The van der Waals surface area contributed by atoms with Gasteiger partial charge < -0.3 is 9.73 Å². The van der Waals surface area contributed by atoms with Crippen LogP contribution in [0.5, 0.6) is 0 Å². The van der Waals surface area contributed by atoms with Gasteiger partial charge in [-0.2, -0.15) is 0 Å². The molecule has 2 atom stereocenters. The van der Waals surface area contributed by atoms with Crippen LogP contribution in [-0.4, -0.2) is 6.54 Å². The van der Waals surface area contributed by atoms with Crippen molar-refractivity contribution in [2.45, 2.75) is 47.1 Å². The lowest BCUT2D eigenvalue weighted by Crippen LogP contribution is -2.27. The molecule has 3 heteroatoms. The third-order valence-electron chi connectivity index (χ3n) is 4.38. The molecule has 0 aliphatic rings. The van der Waals surface area contributed by atoms with E-state index < -0.39 is 0 Å². The topological polar surface area (TPSA) is 25.2 Å². The van der Waals surface area contributed by atoms with E-state index in [1.807, 2.05) is 18.2 Å². The first kappa shape index (κ1) is 16.4. The van der Waals surface area contributed by atoms with E-state index in [0.717, 1.165) is 29.7 Å². The summed E-state index contributed by atoms with van der Waals surface area (Å²) in [4.78, 5) is 0. The normalized spacial score (nSPS) is 15.3.